The molecule has 2 heterocycles. The first kappa shape index (κ1) is 15.7. The van der Waals surface area contributed by atoms with Crippen LogP contribution in [0.3, 0.4) is 0 Å². The number of H-pyrrole nitrogens is 1. The second-order valence-electron chi connectivity index (χ2n) is 5.27. The number of hydrogen-bond acceptors (Lipinski definition) is 4. The highest BCUT2D eigenvalue weighted by molar-refractivity contribution is 7.89. The van der Waals surface area contributed by atoms with Gasteiger partial charge in [0.05, 0.1) is 11.4 Å². The minimum absolute atomic E-state index is 0.163. The minimum Gasteiger partial charge on any atom is -0.281 e. The molecule has 0 unspecified atom stereocenters. The Hall–Kier alpha value is -1.73. The molecule has 6 nitrogen and oxygen atoms in total. The molecule has 7 heteroatoms. The number of hydrogen-bond donors (Lipinski definition) is 1. The van der Waals surface area contributed by atoms with Crippen LogP contribution in [-0.4, -0.2) is 33.9 Å². The van der Waals surface area contributed by atoms with Crippen molar-refractivity contribution in [3.05, 3.63) is 41.5 Å². The fourth-order valence-corrected chi connectivity index (χ4v) is 4.21. The molecular formula is C14H20N4O2S. The predicted octanol–water partition coefficient (Wildman–Crippen LogP) is 2.02. The molecule has 2 aromatic heterocycles. The van der Waals surface area contributed by atoms with Gasteiger partial charge in [0.1, 0.15) is 4.90 Å². The number of aryl methyl sites for hydroxylation is 2. The van der Waals surface area contributed by atoms with E-state index in [4.69, 9.17) is 0 Å². The second-order valence-corrected chi connectivity index (χ2v) is 7.10. The molecule has 0 bridgehead atoms. The lowest BCUT2D eigenvalue weighted by Crippen LogP contribution is -2.36. The van der Waals surface area contributed by atoms with E-state index >= 15 is 0 Å². The Morgan fingerprint density at radius 1 is 1.33 bits per heavy atom. The van der Waals surface area contributed by atoms with Crippen LogP contribution in [0, 0.1) is 13.8 Å². The van der Waals surface area contributed by atoms with E-state index in [1.807, 2.05) is 19.9 Å². The van der Waals surface area contributed by atoms with Gasteiger partial charge in [0.25, 0.3) is 0 Å². The third-order valence-electron chi connectivity index (χ3n) is 3.26. The van der Waals surface area contributed by atoms with Crippen molar-refractivity contribution in [1.29, 1.82) is 0 Å². The van der Waals surface area contributed by atoms with E-state index in [2.05, 4.69) is 15.2 Å². The molecule has 2 rings (SSSR count). The van der Waals surface area contributed by atoms with E-state index < -0.39 is 10.0 Å². The Morgan fingerprint density at radius 3 is 2.52 bits per heavy atom. The summed E-state index contributed by atoms with van der Waals surface area (Å²) in [5.41, 5.74) is 1.90. The zero-order valence-corrected chi connectivity index (χ0v) is 13.5. The van der Waals surface area contributed by atoms with Gasteiger partial charge in [-0.3, -0.25) is 10.1 Å². The molecule has 2 aromatic rings. The summed E-state index contributed by atoms with van der Waals surface area (Å²) in [6.45, 7) is 7.42. The SMILES string of the molecule is Cc1n[nH]c(C)c1S(=O)(=O)N(Cc1cccnc1)C(C)C. The number of sulfonamides is 1. The minimum atomic E-state index is -3.60. The largest absolute Gasteiger partial charge is 0.281 e. The van der Waals surface area contributed by atoms with Crippen LogP contribution in [0.15, 0.2) is 29.4 Å². The van der Waals surface area contributed by atoms with Crippen LogP contribution in [0.2, 0.25) is 0 Å². The highest BCUT2D eigenvalue weighted by Gasteiger charge is 2.31. The number of rotatable bonds is 5. The summed E-state index contributed by atoms with van der Waals surface area (Å²) in [4.78, 5) is 4.30. The van der Waals surface area contributed by atoms with Crippen molar-refractivity contribution < 1.29 is 8.42 Å². The van der Waals surface area contributed by atoms with Crippen molar-refractivity contribution in [3.63, 3.8) is 0 Å². The molecule has 0 radical (unpaired) electrons. The number of aromatic amines is 1. The molecular weight excluding hydrogens is 288 g/mol. The fraction of sp³-hybridized carbons (Fsp3) is 0.429. The van der Waals surface area contributed by atoms with Gasteiger partial charge < -0.3 is 0 Å². The van der Waals surface area contributed by atoms with Crippen molar-refractivity contribution in [1.82, 2.24) is 19.5 Å². The van der Waals surface area contributed by atoms with E-state index in [-0.39, 0.29) is 17.5 Å². The smallest absolute Gasteiger partial charge is 0.247 e. The topological polar surface area (TPSA) is 79.0 Å². The van der Waals surface area contributed by atoms with Gasteiger partial charge in [0, 0.05) is 25.0 Å². The molecule has 0 amide bonds. The van der Waals surface area contributed by atoms with Crippen LogP contribution in [0.5, 0.6) is 0 Å². The lowest BCUT2D eigenvalue weighted by molar-refractivity contribution is 0.347. The highest BCUT2D eigenvalue weighted by Crippen LogP contribution is 2.24. The molecule has 21 heavy (non-hydrogen) atoms. The van der Waals surface area contributed by atoms with E-state index in [9.17, 15) is 8.42 Å². The molecule has 0 aromatic carbocycles. The maximum atomic E-state index is 12.9. The summed E-state index contributed by atoms with van der Waals surface area (Å²) < 4.78 is 27.3. The third-order valence-corrected chi connectivity index (χ3v) is 5.55. The Balaban J connectivity index is 2.43. The Kier molecular flexibility index (Phi) is 4.43. The maximum Gasteiger partial charge on any atom is 0.247 e. The van der Waals surface area contributed by atoms with Crippen LogP contribution in [0.25, 0.3) is 0 Å². The van der Waals surface area contributed by atoms with E-state index in [1.165, 1.54) is 4.31 Å². The van der Waals surface area contributed by atoms with E-state index in [0.717, 1.165) is 5.56 Å². The monoisotopic (exact) mass is 308 g/mol. The number of nitrogens with zero attached hydrogens (tertiary/aromatic N) is 3. The number of aromatic nitrogens is 3. The Bertz CT molecular complexity index is 688. The predicted molar refractivity (Wildman–Crippen MR) is 80.2 cm³/mol. The zero-order chi connectivity index (χ0) is 15.6. The van der Waals surface area contributed by atoms with Crippen LogP contribution in [0.4, 0.5) is 0 Å². The van der Waals surface area contributed by atoms with Gasteiger partial charge in [-0.25, -0.2) is 8.42 Å². The number of pyridine rings is 1. The van der Waals surface area contributed by atoms with Gasteiger partial charge in [-0.15, -0.1) is 0 Å². The van der Waals surface area contributed by atoms with Gasteiger partial charge in [-0.1, -0.05) is 6.07 Å². The Morgan fingerprint density at radius 2 is 2.05 bits per heavy atom. The molecule has 0 spiro atoms. The lowest BCUT2D eigenvalue weighted by atomic mass is 10.2. The summed E-state index contributed by atoms with van der Waals surface area (Å²) in [6, 6.07) is 3.51. The van der Waals surface area contributed by atoms with Crippen LogP contribution in [0.1, 0.15) is 30.8 Å². The first-order valence-corrected chi connectivity index (χ1v) is 8.20. The van der Waals surface area contributed by atoms with Crippen molar-refractivity contribution >= 4 is 10.0 Å². The van der Waals surface area contributed by atoms with Crippen molar-refractivity contribution in [2.75, 3.05) is 0 Å². The Labute approximate surface area is 125 Å². The first-order valence-electron chi connectivity index (χ1n) is 6.76. The lowest BCUT2D eigenvalue weighted by Gasteiger charge is -2.26. The molecule has 0 fully saturated rings. The summed E-state index contributed by atoms with van der Waals surface area (Å²) in [5, 5.41) is 6.72. The summed E-state index contributed by atoms with van der Waals surface area (Å²) in [7, 11) is -3.60. The normalized spacial score (nSPS) is 12.3. The molecule has 0 aliphatic rings. The third kappa shape index (κ3) is 3.14. The average molecular weight is 308 g/mol. The van der Waals surface area contributed by atoms with E-state index in [0.29, 0.717) is 11.4 Å². The van der Waals surface area contributed by atoms with Gasteiger partial charge in [0.15, 0.2) is 0 Å². The molecule has 0 aliphatic carbocycles. The van der Waals surface area contributed by atoms with Gasteiger partial charge in [-0.05, 0) is 39.3 Å². The molecule has 114 valence electrons. The quantitative estimate of drug-likeness (QED) is 0.916. The number of nitrogens with one attached hydrogen (secondary N) is 1. The maximum absolute atomic E-state index is 12.9. The van der Waals surface area contributed by atoms with Crippen LogP contribution >= 0.6 is 0 Å². The highest BCUT2D eigenvalue weighted by atomic mass is 32.2. The summed E-state index contributed by atoms with van der Waals surface area (Å²) in [6.07, 6.45) is 3.35. The van der Waals surface area contributed by atoms with Crippen molar-refractivity contribution in [3.8, 4) is 0 Å². The standard InChI is InChI=1S/C14H20N4O2S/c1-10(2)18(9-13-6-5-7-15-8-13)21(19,20)14-11(3)16-17-12(14)4/h5-8,10H,9H2,1-4H3,(H,16,17). The van der Waals surface area contributed by atoms with E-state index in [1.54, 1.807) is 32.3 Å². The molecule has 0 saturated heterocycles. The van der Waals surface area contributed by atoms with Crippen LogP contribution < -0.4 is 0 Å². The van der Waals surface area contributed by atoms with Gasteiger partial charge >= 0.3 is 0 Å². The average Bonchev–Trinajstić information content (AvgIpc) is 2.76. The zero-order valence-electron chi connectivity index (χ0n) is 12.7. The first-order chi connectivity index (χ1) is 9.84. The van der Waals surface area contributed by atoms with Crippen LogP contribution in [-0.2, 0) is 16.6 Å². The molecule has 1 N–H and O–H groups in total. The van der Waals surface area contributed by atoms with Crippen molar-refractivity contribution in [2.45, 2.75) is 45.2 Å². The second kappa shape index (κ2) is 5.95. The summed E-state index contributed by atoms with van der Waals surface area (Å²) in [5.74, 6) is 0. The van der Waals surface area contributed by atoms with Crippen molar-refractivity contribution in [2.24, 2.45) is 0 Å². The van der Waals surface area contributed by atoms with Gasteiger partial charge in [0.2, 0.25) is 10.0 Å². The molecule has 0 aliphatic heterocycles. The van der Waals surface area contributed by atoms with Gasteiger partial charge in [-0.2, -0.15) is 9.40 Å². The fourth-order valence-electron chi connectivity index (χ4n) is 2.25. The molecule has 0 saturated carbocycles. The summed E-state index contributed by atoms with van der Waals surface area (Å²) >= 11 is 0. The molecule has 0 atom stereocenters.